The first-order valence-electron chi connectivity index (χ1n) is 5.94. The van der Waals surface area contributed by atoms with Crippen LogP contribution < -0.4 is 4.72 Å². The van der Waals surface area contributed by atoms with Crippen molar-refractivity contribution in [2.75, 3.05) is 4.72 Å². The number of carbonyl (C=O) groups is 1. The zero-order valence-electron chi connectivity index (χ0n) is 11.5. The van der Waals surface area contributed by atoms with Crippen molar-refractivity contribution in [2.45, 2.75) is 32.1 Å². The van der Waals surface area contributed by atoms with E-state index >= 15 is 0 Å². The molecule has 2 heterocycles. The molecule has 10 heteroatoms. The summed E-state index contributed by atoms with van der Waals surface area (Å²) in [4.78, 5) is 10.8. The summed E-state index contributed by atoms with van der Waals surface area (Å²) in [5.74, 6) is -1.32. The standard InChI is InChI=1S/C11H13N3O5S2/c1-4-7-12-13-11(20-7)14-21(17,18)9-6(3)19-5(2)8(9)10(15)16/h4H2,1-3H3,(H,13,14)(H,15,16). The molecule has 8 nitrogen and oxygen atoms in total. The lowest BCUT2D eigenvalue weighted by Crippen LogP contribution is -2.16. The van der Waals surface area contributed by atoms with Gasteiger partial charge < -0.3 is 9.52 Å². The molecule has 0 atom stereocenters. The summed E-state index contributed by atoms with van der Waals surface area (Å²) in [6.45, 7) is 4.66. The number of anilines is 1. The number of hydrogen-bond acceptors (Lipinski definition) is 7. The first kappa shape index (κ1) is 15.4. The largest absolute Gasteiger partial charge is 0.478 e. The molecule has 114 valence electrons. The van der Waals surface area contributed by atoms with Crippen LogP contribution in [0, 0.1) is 13.8 Å². The van der Waals surface area contributed by atoms with Crippen LogP contribution in [0.15, 0.2) is 9.31 Å². The molecule has 2 rings (SSSR count). The summed E-state index contributed by atoms with van der Waals surface area (Å²) >= 11 is 1.09. The topological polar surface area (TPSA) is 122 Å². The Kier molecular flexibility index (Phi) is 4.01. The summed E-state index contributed by atoms with van der Waals surface area (Å²) in [6.07, 6.45) is 0.629. The lowest BCUT2D eigenvalue weighted by molar-refractivity contribution is 0.0691. The molecule has 0 amide bonds. The molecule has 0 saturated carbocycles. The van der Waals surface area contributed by atoms with Crippen LogP contribution >= 0.6 is 11.3 Å². The Hall–Kier alpha value is -1.94. The van der Waals surface area contributed by atoms with Gasteiger partial charge in [-0.1, -0.05) is 18.3 Å². The Balaban J connectivity index is 2.47. The Bertz CT molecular complexity index is 791. The van der Waals surface area contributed by atoms with E-state index in [0.29, 0.717) is 11.4 Å². The maximum Gasteiger partial charge on any atom is 0.340 e. The van der Waals surface area contributed by atoms with E-state index in [4.69, 9.17) is 9.52 Å². The Morgan fingerprint density at radius 2 is 2.00 bits per heavy atom. The molecule has 2 aromatic rings. The summed E-state index contributed by atoms with van der Waals surface area (Å²) in [5, 5.41) is 17.4. The van der Waals surface area contributed by atoms with Crippen LogP contribution in [0.3, 0.4) is 0 Å². The van der Waals surface area contributed by atoms with Crippen LogP contribution in [0.5, 0.6) is 0 Å². The van der Waals surface area contributed by atoms with Crippen LogP contribution in [-0.2, 0) is 16.4 Å². The lowest BCUT2D eigenvalue weighted by Gasteiger charge is -2.04. The number of aryl methyl sites for hydroxylation is 3. The number of nitrogens with one attached hydrogen (secondary N) is 1. The summed E-state index contributed by atoms with van der Waals surface area (Å²) in [5.41, 5.74) is -0.375. The fraction of sp³-hybridized carbons (Fsp3) is 0.364. The first-order chi connectivity index (χ1) is 9.76. The van der Waals surface area contributed by atoms with E-state index in [9.17, 15) is 13.2 Å². The summed E-state index contributed by atoms with van der Waals surface area (Å²) in [7, 11) is -4.11. The molecule has 0 aliphatic carbocycles. The molecule has 0 unspecified atom stereocenters. The van der Waals surface area contributed by atoms with Crippen molar-refractivity contribution in [1.82, 2.24) is 10.2 Å². The number of hydrogen-bond donors (Lipinski definition) is 2. The number of aromatic carboxylic acids is 1. The number of carboxylic acids is 1. The second-order valence-corrected chi connectivity index (χ2v) is 6.87. The number of aromatic nitrogens is 2. The van der Waals surface area contributed by atoms with Crippen LogP contribution in [0.2, 0.25) is 0 Å². The molecule has 21 heavy (non-hydrogen) atoms. The monoisotopic (exact) mass is 331 g/mol. The number of carboxylic acid groups (broad SMARTS) is 1. The van der Waals surface area contributed by atoms with Crippen LogP contribution in [0.25, 0.3) is 0 Å². The van der Waals surface area contributed by atoms with E-state index in [1.165, 1.54) is 13.8 Å². The van der Waals surface area contributed by atoms with Crippen LogP contribution in [0.4, 0.5) is 5.13 Å². The van der Waals surface area contributed by atoms with Crippen molar-refractivity contribution < 1.29 is 22.7 Å². The van der Waals surface area contributed by atoms with Gasteiger partial charge in [-0.05, 0) is 20.3 Å². The molecule has 0 fully saturated rings. The van der Waals surface area contributed by atoms with Crippen molar-refractivity contribution in [3.8, 4) is 0 Å². The summed E-state index contributed by atoms with van der Waals surface area (Å²) in [6, 6.07) is 0. The average molecular weight is 331 g/mol. The number of rotatable bonds is 5. The van der Waals surface area contributed by atoms with Gasteiger partial charge in [-0.25, -0.2) is 13.2 Å². The fourth-order valence-corrected chi connectivity index (χ4v) is 4.16. The van der Waals surface area contributed by atoms with E-state index in [2.05, 4.69) is 14.9 Å². The maximum atomic E-state index is 12.4. The minimum atomic E-state index is -4.11. The summed E-state index contributed by atoms with van der Waals surface area (Å²) < 4.78 is 32.1. The molecule has 0 aliphatic heterocycles. The smallest absolute Gasteiger partial charge is 0.340 e. The van der Waals surface area contributed by atoms with Crippen molar-refractivity contribution in [2.24, 2.45) is 0 Å². The minimum absolute atomic E-state index is 0.0117. The molecule has 2 N–H and O–H groups in total. The van der Waals surface area contributed by atoms with Crippen LogP contribution in [0.1, 0.15) is 33.8 Å². The lowest BCUT2D eigenvalue weighted by atomic mass is 10.2. The molecule has 0 bridgehead atoms. The van der Waals surface area contributed by atoms with E-state index in [0.717, 1.165) is 11.3 Å². The van der Waals surface area contributed by atoms with Crippen molar-refractivity contribution in [3.63, 3.8) is 0 Å². The third kappa shape index (κ3) is 2.90. The third-order valence-electron chi connectivity index (χ3n) is 2.68. The first-order valence-corrected chi connectivity index (χ1v) is 8.24. The number of sulfonamides is 1. The van der Waals surface area contributed by atoms with Gasteiger partial charge in [0.25, 0.3) is 10.0 Å². The second-order valence-electron chi connectivity index (χ2n) is 4.18. The Morgan fingerprint density at radius 1 is 1.33 bits per heavy atom. The third-order valence-corrected chi connectivity index (χ3v) is 5.28. The zero-order valence-corrected chi connectivity index (χ0v) is 13.1. The van der Waals surface area contributed by atoms with Gasteiger partial charge in [0.15, 0.2) is 0 Å². The molecular formula is C11H13N3O5S2. The minimum Gasteiger partial charge on any atom is -0.478 e. The SMILES string of the molecule is CCc1nnc(NS(=O)(=O)c2c(C)oc(C)c2C(=O)O)s1. The van der Waals surface area contributed by atoms with Gasteiger partial charge in [-0.2, -0.15) is 0 Å². The van der Waals surface area contributed by atoms with Gasteiger partial charge in [0.2, 0.25) is 5.13 Å². The van der Waals surface area contributed by atoms with Gasteiger partial charge in [0, 0.05) is 0 Å². The molecule has 0 aliphatic rings. The highest BCUT2D eigenvalue weighted by atomic mass is 32.2. The molecule has 0 spiro atoms. The van der Waals surface area contributed by atoms with Gasteiger partial charge in [-0.15, -0.1) is 10.2 Å². The molecule has 0 saturated heterocycles. The quantitative estimate of drug-likeness (QED) is 0.856. The highest BCUT2D eigenvalue weighted by molar-refractivity contribution is 7.93. The second kappa shape index (κ2) is 5.45. The van der Waals surface area contributed by atoms with E-state index in [1.54, 1.807) is 0 Å². The Labute approximate surface area is 124 Å². The molecule has 0 aromatic carbocycles. The highest BCUT2D eigenvalue weighted by Gasteiger charge is 2.31. The molecular weight excluding hydrogens is 318 g/mol. The van der Waals surface area contributed by atoms with E-state index in [-0.39, 0.29) is 27.1 Å². The van der Waals surface area contributed by atoms with E-state index in [1.807, 2.05) is 6.92 Å². The van der Waals surface area contributed by atoms with E-state index < -0.39 is 16.0 Å². The average Bonchev–Trinajstić information content (AvgIpc) is 2.92. The molecule has 0 radical (unpaired) electrons. The van der Waals surface area contributed by atoms with Gasteiger partial charge in [0.05, 0.1) is 0 Å². The number of furan rings is 1. The molecule has 2 aromatic heterocycles. The predicted octanol–water partition coefficient (Wildman–Crippen LogP) is 1.81. The van der Waals surface area contributed by atoms with Crippen molar-refractivity contribution in [3.05, 3.63) is 22.1 Å². The van der Waals surface area contributed by atoms with Gasteiger partial charge in [0.1, 0.15) is 27.0 Å². The Morgan fingerprint density at radius 3 is 2.52 bits per heavy atom. The van der Waals surface area contributed by atoms with Crippen molar-refractivity contribution >= 4 is 32.5 Å². The van der Waals surface area contributed by atoms with Crippen LogP contribution in [-0.4, -0.2) is 29.7 Å². The number of nitrogens with zero attached hydrogens (tertiary/aromatic N) is 2. The predicted molar refractivity (Wildman–Crippen MR) is 75.2 cm³/mol. The fourth-order valence-electron chi connectivity index (χ4n) is 1.84. The highest BCUT2D eigenvalue weighted by Crippen LogP contribution is 2.29. The van der Waals surface area contributed by atoms with Gasteiger partial charge >= 0.3 is 5.97 Å². The van der Waals surface area contributed by atoms with Gasteiger partial charge in [-0.3, -0.25) is 4.72 Å². The zero-order chi connectivity index (χ0) is 15.8. The maximum absolute atomic E-state index is 12.4. The normalized spacial score (nSPS) is 11.6. The van der Waals surface area contributed by atoms with Crippen molar-refractivity contribution in [1.29, 1.82) is 0 Å².